The fourth-order valence-corrected chi connectivity index (χ4v) is 2.90. The summed E-state index contributed by atoms with van der Waals surface area (Å²) in [6.07, 6.45) is 2.11. The summed E-state index contributed by atoms with van der Waals surface area (Å²) in [5, 5.41) is 10.3. The van der Waals surface area contributed by atoms with E-state index < -0.39 is 5.60 Å². The number of fused-ring (bicyclic) bond motifs is 2. The first-order valence-electron chi connectivity index (χ1n) is 5.96. The molecule has 3 N–H and O–H groups in total. The van der Waals surface area contributed by atoms with Gasteiger partial charge in [-0.2, -0.15) is 0 Å². The lowest BCUT2D eigenvalue weighted by Gasteiger charge is -2.35. The number of nitrogens with zero attached hydrogens (tertiary/aromatic N) is 1. The highest BCUT2D eigenvalue weighted by Gasteiger charge is 2.49. The Morgan fingerprint density at radius 3 is 3.06 bits per heavy atom. The molecule has 2 aliphatic rings. The Bertz CT molecular complexity index is 284. The summed E-state index contributed by atoms with van der Waals surface area (Å²) in [6, 6.07) is 0.232. The van der Waals surface area contributed by atoms with E-state index in [0.717, 1.165) is 12.8 Å². The lowest BCUT2D eigenvalue weighted by molar-refractivity contribution is -0.0246. The third kappa shape index (κ3) is 1.78. The van der Waals surface area contributed by atoms with Crippen molar-refractivity contribution < 1.29 is 14.6 Å². The molecule has 1 saturated heterocycles. The second-order valence-corrected chi connectivity index (χ2v) is 4.78. The highest BCUT2D eigenvalue weighted by Crippen LogP contribution is 2.41. The minimum absolute atomic E-state index is 0.112. The monoisotopic (exact) mass is 228 g/mol. The third-order valence-electron chi connectivity index (χ3n) is 3.94. The largest absolute Gasteiger partial charge is 0.450 e. The number of aliphatic hydroxyl groups is 1. The number of carbonyl (C=O) groups excluding carboxylic acids is 1. The van der Waals surface area contributed by atoms with Crippen LogP contribution in [0.5, 0.6) is 0 Å². The summed E-state index contributed by atoms with van der Waals surface area (Å²) in [5.74, 6) is 0.112. The summed E-state index contributed by atoms with van der Waals surface area (Å²) in [7, 11) is 0. The summed E-state index contributed by atoms with van der Waals surface area (Å²) in [5.41, 5.74) is 4.84. The van der Waals surface area contributed by atoms with Crippen molar-refractivity contribution in [2.24, 2.45) is 11.7 Å². The standard InChI is InChI=1S/C11H20N2O3/c1-2-16-10(14)13-6-8-5-9(13)3-4-11(8,15)7-12/h8-9,15H,2-7,12H2,1H3. The highest BCUT2D eigenvalue weighted by molar-refractivity contribution is 5.68. The molecule has 5 nitrogen and oxygen atoms in total. The molecule has 1 aliphatic carbocycles. The van der Waals surface area contributed by atoms with Gasteiger partial charge in [0.15, 0.2) is 0 Å². The number of nitrogens with two attached hydrogens (primary N) is 1. The van der Waals surface area contributed by atoms with Gasteiger partial charge < -0.3 is 20.5 Å². The van der Waals surface area contributed by atoms with Gasteiger partial charge in [0, 0.05) is 25.0 Å². The average Bonchev–Trinajstić information content (AvgIpc) is 2.65. The van der Waals surface area contributed by atoms with Crippen LogP contribution in [0.3, 0.4) is 0 Å². The smallest absolute Gasteiger partial charge is 0.410 e. The maximum absolute atomic E-state index is 11.7. The van der Waals surface area contributed by atoms with Gasteiger partial charge >= 0.3 is 6.09 Å². The molecule has 0 aromatic carbocycles. The Balaban J connectivity index is 2.05. The lowest BCUT2D eigenvalue weighted by Crippen LogP contribution is -2.47. The van der Waals surface area contributed by atoms with E-state index in [1.165, 1.54) is 0 Å². The van der Waals surface area contributed by atoms with Crippen LogP contribution in [-0.2, 0) is 4.74 Å². The molecule has 2 rings (SSSR count). The first-order valence-corrected chi connectivity index (χ1v) is 5.96. The second kappa shape index (κ2) is 4.22. The Kier molecular flexibility index (Phi) is 3.08. The van der Waals surface area contributed by atoms with Crippen LogP contribution in [0.15, 0.2) is 0 Å². The Morgan fingerprint density at radius 1 is 1.69 bits per heavy atom. The van der Waals surface area contributed by atoms with Crippen LogP contribution in [0.1, 0.15) is 26.2 Å². The number of rotatable bonds is 2. The zero-order valence-corrected chi connectivity index (χ0v) is 9.69. The Morgan fingerprint density at radius 2 is 2.44 bits per heavy atom. The fourth-order valence-electron chi connectivity index (χ4n) is 2.90. The summed E-state index contributed by atoms with van der Waals surface area (Å²) in [6.45, 7) is 3.06. The number of carbonyl (C=O) groups is 1. The number of amides is 1. The molecule has 0 aromatic rings. The van der Waals surface area contributed by atoms with Gasteiger partial charge in [-0.15, -0.1) is 0 Å². The van der Waals surface area contributed by atoms with Crippen molar-refractivity contribution in [3.63, 3.8) is 0 Å². The molecule has 2 bridgehead atoms. The van der Waals surface area contributed by atoms with Crippen molar-refractivity contribution in [3.05, 3.63) is 0 Å². The number of hydrogen-bond acceptors (Lipinski definition) is 4. The van der Waals surface area contributed by atoms with Gasteiger partial charge in [0.2, 0.25) is 0 Å². The van der Waals surface area contributed by atoms with Gasteiger partial charge in [0.05, 0.1) is 12.2 Å². The average molecular weight is 228 g/mol. The molecule has 3 unspecified atom stereocenters. The van der Waals surface area contributed by atoms with Crippen molar-refractivity contribution in [2.75, 3.05) is 19.7 Å². The number of ether oxygens (including phenoxy) is 1. The molecule has 1 saturated carbocycles. The van der Waals surface area contributed by atoms with Gasteiger partial charge in [0.25, 0.3) is 0 Å². The molecule has 5 heteroatoms. The molecule has 16 heavy (non-hydrogen) atoms. The predicted octanol–water partition coefficient (Wildman–Crippen LogP) is 0.317. The van der Waals surface area contributed by atoms with Crippen LogP contribution in [-0.4, -0.2) is 47.4 Å². The quantitative estimate of drug-likeness (QED) is 0.713. The van der Waals surface area contributed by atoms with Gasteiger partial charge in [-0.05, 0) is 26.2 Å². The van der Waals surface area contributed by atoms with E-state index in [-0.39, 0.29) is 24.6 Å². The molecule has 2 fully saturated rings. The van der Waals surface area contributed by atoms with E-state index in [1.807, 2.05) is 0 Å². The molecule has 0 spiro atoms. The molecule has 3 atom stereocenters. The van der Waals surface area contributed by atoms with E-state index in [1.54, 1.807) is 11.8 Å². The SMILES string of the molecule is CCOC(=O)N1CC2CC1CCC2(O)CN. The zero-order valence-electron chi connectivity index (χ0n) is 9.69. The minimum atomic E-state index is -0.780. The third-order valence-corrected chi connectivity index (χ3v) is 3.94. The first kappa shape index (κ1) is 11.7. The first-order chi connectivity index (χ1) is 7.60. The van der Waals surface area contributed by atoms with E-state index in [0.29, 0.717) is 19.6 Å². The molecular weight excluding hydrogens is 208 g/mol. The van der Waals surface area contributed by atoms with Crippen molar-refractivity contribution in [1.82, 2.24) is 4.90 Å². The van der Waals surface area contributed by atoms with Gasteiger partial charge in [-0.3, -0.25) is 0 Å². The van der Waals surface area contributed by atoms with E-state index in [4.69, 9.17) is 10.5 Å². The maximum atomic E-state index is 11.7. The van der Waals surface area contributed by atoms with Crippen molar-refractivity contribution in [3.8, 4) is 0 Å². The number of likely N-dealkylation sites (tertiary alicyclic amines) is 1. The predicted molar refractivity (Wildman–Crippen MR) is 58.9 cm³/mol. The molecule has 0 radical (unpaired) electrons. The molecule has 92 valence electrons. The van der Waals surface area contributed by atoms with Crippen molar-refractivity contribution in [2.45, 2.75) is 37.8 Å². The summed E-state index contributed by atoms with van der Waals surface area (Å²) in [4.78, 5) is 13.4. The summed E-state index contributed by atoms with van der Waals surface area (Å²) >= 11 is 0. The van der Waals surface area contributed by atoms with Gasteiger partial charge in [-0.25, -0.2) is 4.79 Å². The topological polar surface area (TPSA) is 75.8 Å². The molecule has 1 heterocycles. The van der Waals surface area contributed by atoms with Crippen molar-refractivity contribution >= 4 is 6.09 Å². The van der Waals surface area contributed by atoms with Crippen molar-refractivity contribution in [1.29, 1.82) is 0 Å². The van der Waals surface area contributed by atoms with Crippen LogP contribution in [0, 0.1) is 5.92 Å². The van der Waals surface area contributed by atoms with E-state index in [2.05, 4.69) is 0 Å². The fraction of sp³-hybridized carbons (Fsp3) is 0.909. The van der Waals surface area contributed by atoms with Crippen LogP contribution in [0.25, 0.3) is 0 Å². The van der Waals surface area contributed by atoms with Gasteiger partial charge in [0.1, 0.15) is 0 Å². The zero-order chi connectivity index (χ0) is 11.8. The van der Waals surface area contributed by atoms with Crippen LogP contribution >= 0.6 is 0 Å². The maximum Gasteiger partial charge on any atom is 0.410 e. The Hall–Kier alpha value is -0.810. The molecule has 1 amide bonds. The van der Waals surface area contributed by atoms with E-state index in [9.17, 15) is 9.90 Å². The second-order valence-electron chi connectivity index (χ2n) is 4.78. The van der Waals surface area contributed by atoms with E-state index >= 15 is 0 Å². The summed E-state index contributed by atoms with van der Waals surface area (Å²) < 4.78 is 5.01. The molecule has 0 aromatic heterocycles. The lowest BCUT2D eigenvalue weighted by atomic mass is 9.76. The number of hydrogen-bond donors (Lipinski definition) is 2. The van der Waals surface area contributed by atoms with Crippen LogP contribution < -0.4 is 5.73 Å². The Labute approximate surface area is 95.5 Å². The van der Waals surface area contributed by atoms with Crippen LogP contribution in [0.4, 0.5) is 4.79 Å². The molecule has 1 aliphatic heterocycles. The normalized spacial score (nSPS) is 37.6. The highest BCUT2D eigenvalue weighted by atomic mass is 16.6. The minimum Gasteiger partial charge on any atom is -0.450 e. The van der Waals surface area contributed by atoms with Gasteiger partial charge in [-0.1, -0.05) is 0 Å². The molecular formula is C11H20N2O3. The van der Waals surface area contributed by atoms with Crippen LogP contribution in [0.2, 0.25) is 0 Å².